The standard InChI is InChI=1S/C27H30N8O/c1-33-17-22(15-31-33)19-4-2-5-20(12-19)26-29-13-21(14-30-26)23-16-32-35(18-23)24-7-10-34(11-8-24)27(36)25-6-3-9-28-25/h2,4-5,12-18,24-25,28H,3,6-11H2,1H3/t25-/m0/s1. The van der Waals surface area contributed by atoms with Crippen molar-refractivity contribution in [2.45, 2.75) is 37.8 Å². The molecular weight excluding hydrogens is 452 g/mol. The van der Waals surface area contributed by atoms with Crippen LogP contribution in [0.3, 0.4) is 0 Å². The van der Waals surface area contributed by atoms with E-state index in [1.807, 2.05) is 59.7 Å². The molecule has 2 fully saturated rings. The van der Waals surface area contributed by atoms with Crippen molar-refractivity contribution in [3.8, 4) is 33.6 Å². The number of nitrogens with zero attached hydrogens (tertiary/aromatic N) is 7. The number of carbonyl (C=O) groups is 1. The van der Waals surface area contributed by atoms with Crippen molar-refractivity contribution < 1.29 is 4.79 Å². The van der Waals surface area contributed by atoms with E-state index in [2.05, 4.69) is 43.8 Å². The smallest absolute Gasteiger partial charge is 0.239 e. The molecule has 6 rings (SSSR count). The highest BCUT2D eigenvalue weighted by Gasteiger charge is 2.30. The molecule has 4 aromatic rings. The summed E-state index contributed by atoms with van der Waals surface area (Å²) < 4.78 is 3.83. The number of hydrogen-bond acceptors (Lipinski definition) is 6. The molecule has 2 saturated heterocycles. The number of rotatable bonds is 5. The lowest BCUT2D eigenvalue weighted by molar-refractivity contribution is -0.134. The molecule has 36 heavy (non-hydrogen) atoms. The van der Waals surface area contributed by atoms with Crippen molar-refractivity contribution >= 4 is 5.91 Å². The van der Waals surface area contributed by atoms with Gasteiger partial charge in [0.2, 0.25) is 5.91 Å². The summed E-state index contributed by atoms with van der Waals surface area (Å²) in [5, 5.41) is 12.2. The molecule has 9 heteroatoms. The third-order valence-corrected chi connectivity index (χ3v) is 7.25. The van der Waals surface area contributed by atoms with Crippen LogP contribution in [0.5, 0.6) is 0 Å². The monoisotopic (exact) mass is 482 g/mol. The van der Waals surface area contributed by atoms with Crippen LogP contribution >= 0.6 is 0 Å². The van der Waals surface area contributed by atoms with E-state index in [0.717, 1.165) is 73.1 Å². The summed E-state index contributed by atoms with van der Waals surface area (Å²) in [6, 6.07) is 8.50. The first kappa shape index (κ1) is 22.6. The van der Waals surface area contributed by atoms with Crippen LogP contribution in [-0.2, 0) is 11.8 Å². The van der Waals surface area contributed by atoms with E-state index in [9.17, 15) is 4.79 Å². The molecule has 0 aliphatic carbocycles. The molecule has 3 aromatic heterocycles. The molecule has 184 valence electrons. The second-order valence-electron chi connectivity index (χ2n) is 9.69. The number of nitrogens with one attached hydrogen (secondary N) is 1. The summed E-state index contributed by atoms with van der Waals surface area (Å²) in [4.78, 5) is 24.0. The molecule has 1 aromatic carbocycles. The van der Waals surface area contributed by atoms with Crippen molar-refractivity contribution in [1.82, 2.24) is 39.7 Å². The predicted octanol–water partition coefficient (Wildman–Crippen LogP) is 3.32. The third kappa shape index (κ3) is 4.54. The molecule has 9 nitrogen and oxygen atoms in total. The van der Waals surface area contributed by atoms with Gasteiger partial charge >= 0.3 is 0 Å². The highest BCUT2D eigenvalue weighted by Crippen LogP contribution is 2.28. The van der Waals surface area contributed by atoms with Gasteiger partial charge in [-0.25, -0.2) is 9.97 Å². The number of piperidine rings is 1. The highest BCUT2D eigenvalue weighted by atomic mass is 16.2. The Hall–Kier alpha value is -3.85. The van der Waals surface area contributed by atoms with Gasteiger partial charge in [-0.05, 0) is 43.9 Å². The van der Waals surface area contributed by atoms with E-state index >= 15 is 0 Å². The largest absolute Gasteiger partial charge is 0.341 e. The second-order valence-corrected chi connectivity index (χ2v) is 9.69. The van der Waals surface area contributed by atoms with E-state index in [0.29, 0.717) is 11.9 Å². The Morgan fingerprint density at radius 1 is 0.889 bits per heavy atom. The van der Waals surface area contributed by atoms with Gasteiger partial charge in [-0.3, -0.25) is 14.2 Å². The van der Waals surface area contributed by atoms with Gasteiger partial charge in [-0.2, -0.15) is 10.2 Å². The lowest BCUT2D eigenvalue weighted by Gasteiger charge is -2.33. The van der Waals surface area contributed by atoms with Crippen molar-refractivity contribution in [1.29, 1.82) is 0 Å². The summed E-state index contributed by atoms with van der Waals surface area (Å²) in [5.41, 5.74) is 5.05. The van der Waals surface area contributed by atoms with E-state index in [4.69, 9.17) is 0 Å². The van der Waals surface area contributed by atoms with Crippen molar-refractivity contribution in [3.05, 3.63) is 61.4 Å². The fourth-order valence-electron chi connectivity index (χ4n) is 5.19. The van der Waals surface area contributed by atoms with E-state index in [-0.39, 0.29) is 11.9 Å². The molecular formula is C27H30N8O. The molecule has 0 spiro atoms. The van der Waals surface area contributed by atoms with Gasteiger partial charge < -0.3 is 10.2 Å². The molecule has 0 unspecified atom stereocenters. The Morgan fingerprint density at radius 3 is 2.36 bits per heavy atom. The van der Waals surface area contributed by atoms with Crippen molar-refractivity contribution in [3.63, 3.8) is 0 Å². The van der Waals surface area contributed by atoms with Gasteiger partial charge in [-0.1, -0.05) is 18.2 Å². The maximum atomic E-state index is 12.7. The van der Waals surface area contributed by atoms with Gasteiger partial charge in [0.25, 0.3) is 0 Å². The Kier molecular flexibility index (Phi) is 6.06. The lowest BCUT2D eigenvalue weighted by atomic mass is 10.0. The van der Waals surface area contributed by atoms with E-state index < -0.39 is 0 Å². The van der Waals surface area contributed by atoms with Crippen molar-refractivity contribution in [2.24, 2.45) is 7.05 Å². The Labute approximate surface area is 210 Å². The highest BCUT2D eigenvalue weighted by molar-refractivity contribution is 5.82. The quantitative estimate of drug-likeness (QED) is 0.469. The zero-order valence-corrected chi connectivity index (χ0v) is 20.4. The average molecular weight is 483 g/mol. The van der Waals surface area contributed by atoms with Crippen LogP contribution in [0.2, 0.25) is 0 Å². The van der Waals surface area contributed by atoms with Crippen LogP contribution < -0.4 is 5.32 Å². The van der Waals surface area contributed by atoms with Crippen LogP contribution in [0.4, 0.5) is 0 Å². The zero-order valence-electron chi connectivity index (χ0n) is 20.4. The van der Waals surface area contributed by atoms with E-state index in [1.54, 1.807) is 4.68 Å². The predicted molar refractivity (Wildman–Crippen MR) is 137 cm³/mol. The molecule has 2 aliphatic heterocycles. The van der Waals surface area contributed by atoms with Gasteiger partial charge in [0.05, 0.1) is 24.5 Å². The summed E-state index contributed by atoms with van der Waals surface area (Å²) in [5.74, 6) is 0.945. The van der Waals surface area contributed by atoms with Gasteiger partial charge in [0.15, 0.2) is 5.82 Å². The normalized spacial score (nSPS) is 18.6. The van der Waals surface area contributed by atoms with Crippen molar-refractivity contribution in [2.75, 3.05) is 19.6 Å². The molecule has 0 radical (unpaired) electrons. The van der Waals surface area contributed by atoms with E-state index in [1.165, 1.54) is 0 Å². The maximum absolute atomic E-state index is 12.7. The fourth-order valence-corrected chi connectivity index (χ4v) is 5.19. The Morgan fingerprint density at radius 2 is 1.64 bits per heavy atom. The minimum absolute atomic E-state index is 0.0126. The topological polar surface area (TPSA) is 93.8 Å². The first-order valence-electron chi connectivity index (χ1n) is 12.6. The number of aryl methyl sites for hydroxylation is 1. The van der Waals surface area contributed by atoms with Gasteiger partial charge in [0, 0.05) is 67.2 Å². The first-order chi connectivity index (χ1) is 17.6. The Balaban J connectivity index is 1.11. The molecule has 1 amide bonds. The first-order valence-corrected chi connectivity index (χ1v) is 12.6. The summed E-state index contributed by atoms with van der Waals surface area (Å²) in [7, 11) is 1.91. The number of aromatic nitrogens is 6. The van der Waals surface area contributed by atoms with Crippen LogP contribution in [0.15, 0.2) is 61.4 Å². The molecule has 0 bridgehead atoms. The molecule has 1 atom stereocenters. The van der Waals surface area contributed by atoms with Crippen LogP contribution in [0.25, 0.3) is 33.6 Å². The molecule has 0 saturated carbocycles. The molecule has 2 aliphatic rings. The third-order valence-electron chi connectivity index (χ3n) is 7.25. The molecule has 5 heterocycles. The number of carbonyl (C=O) groups excluding carboxylic acids is 1. The minimum atomic E-state index is 0.0126. The number of likely N-dealkylation sites (tertiary alicyclic amines) is 1. The summed E-state index contributed by atoms with van der Waals surface area (Å²) in [6.07, 6.45) is 15.4. The zero-order chi connectivity index (χ0) is 24.5. The lowest BCUT2D eigenvalue weighted by Crippen LogP contribution is -2.47. The fraction of sp³-hybridized carbons (Fsp3) is 0.370. The Bertz CT molecular complexity index is 1340. The van der Waals surface area contributed by atoms with Crippen LogP contribution in [-0.4, -0.2) is 66.0 Å². The number of hydrogen-bond donors (Lipinski definition) is 1. The van der Waals surface area contributed by atoms with Gasteiger partial charge in [-0.15, -0.1) is 0 Å². The second kappa shape index (κ2) is 9.66. The number of amides is 1. The maximum Gasteiger partial charge on any atom is 0.239 e. The van der Waals surface area contributed by atoms with Gasteiger partial charge in [0.1, 0.15) is 0 Å². The van der Waals surface area contributed by atoms with Crippen LogP contribution in [0, 0.1) is 0 Å². The molecule has 1 N–H and O–H groups in total. The average Bonchev–Trinajstić information content (AvgIpc) is 3.71. The SMILES string of the molecule is Cn1cc(-c2cccc(-c3ncc(-c4cnn(C5CCN(C(=O)[C@@H]6CCCN6)CC5)c4)cn3)c2)cn1. The van der Waals surface area contributed by atoms with Crippen LogP contribution in [0.1, 0.15) is 31.7 Å². The summed E-state index contributed by atoms with van der Waals surface area (Å²) in [6.45, 7) is 2.52. The summed E-state index contributed by atoms with van der Waals surface area (Å²) >= 11 is 0. The minimum Gasteiger partial charge on any atom is -0.341 e. The number of benzene rings is 1.